The van der Waals surface area contributed by atoms with Gasteiger partial charge in [0.2, 0.25) is 5.88 Å². The summed E-state index contributed by atoms with van der Waals surface area (Å²) in [5, 5.41) is 2.96. The average molecular weight is 404 g/mol. The van der Waals surface area contributed by atoms with Gasteiger partial charge in [-0.3, -0.25) is 0 Å². The maximum absolute atomic E-state index is 11.2. The molecule has 0 aliphatic heterocycles. The molecule has 2 aromatic heterocycles. The van der Waals surface area contributed by atoms with E-state index >= 15 is 0 Å². The molecule has 2 heterocycles. The number of aromatic nitrogens is 2. The Bertz CT molecular complexity index is 1140. The van der Waals surface area contributed by atoms with Crippen molar-refractivity contribution in [3.05, 3.63) is 65.8 Å². The first-order valence-corrected chi connectivity index (χ1v) is 10.1. The summed E-state index contributed by atoms with van der Waals surface area (Å²) in [6.07, 6.45) is 2.81. The number of hydrogen-bond acceptors (Lipinski definition) is 6. The predicted octanol–water partition coefficient (Wildman–Crippen LogP) is 5.68. The zero-order chi connectivity index (χ0) is 20.2. The summed E-state index contributed by atoms with van der Waals surface area (Å²) in [6.45, 7) is 1.61. The number of ether oxygens (including phenoxy) is 2. The van der Waals surface area contributed by atoms with Gasteiger partial charge in [0, 0.05) is 17.4 Å². The highest BCUT2D eigenvalue weighted by atomic mass is 32.1. The summed E-state index contributed by atoms with van der Waals surface area (Å²) in [6, 6.07) is 15.7. The molecule has 0 unspecified atom stereocenters. The zero-order valence-electron chi connectivity index (χ0n) is 16.2. The van der Waals surface area contributed by atoms with Gasteiger partial charge in [0.1, 0.15) is 28.4 Å². The Kier molecular flexibility index (Phi) is 5.53. The number of benzene rings is 2. The third kappa shape index (κ3) is 4.27. The molecule has 29 heavy (non-hydrogen) atoms. The Morgan fingerprint density at radius 1 is 1.00 bits per heavy atom. The molecule has 0 bridgehead atoms. The number of Topliss-reactive ketones (excluding diaryl/α,β-unsaturated/α-hetero) is 1. The lowest BCUT2D eigenvalue weighted by molar-refractivity contribution is -0.116. The van der Waals surface area contributed by atoms with Crippen molar-refractivity contribution in [2.24, 2.45) is 0 Å². The minimum absolute atomic E-state index is 0.192. The molecule has 4 rings (SSSR count). The number of methoxy groups -OCH3 is 1. The van der Waals surface area contributed by atoms with Gasteiger partial charge in [-0.1, -0.05) is 24.3 Å². The lowest BCUT2D eigenvalue weighted by atomic mass is 10.1. The number of aryl methyl sites for hydroxylation is 1. The first-order valence-electron chi connectivity index (χ1n) is 9.27. The molecule has 0 fully saturated rings. The molecule has 0 amide bonds. The summed E-state index contributed by atoms with van der Waals surface area (Å²) in [4.78, 5) is 20.8. The number of fused-ring (bicyclic) bond motifs is 1. The standard InChI is InChI=1S/C23H20N2O3S/c1-15(26)3-4-16-5-9-19(10-6-16)28-22-21-20(13-29-23(21)25-14-24-22)17-7-11-18(27-2)12-8-17/h5-14H,3-4H2,1-2H3. The monoisotopic (exact) mass is 404 g/mol. The van der Waals surface area contributed by atoms with Gasteiger partial charge in [-0.15, -0.1) is 11.3 Å². The molecule has 0 saturated heterocycles. The second kappa shape index (κ2) is 8.41. The normalized spacial score (nSPS) is 10.8. The van der Waals surface area contributed by atoms with E-state index in [0.717, 1.165) is 39.1 Å². The van der Waals surface area contributed by atoms with Gasteiger partial charge in [-0.2, -0.15) is 0 Å². The van der Waals surface area contributed by atoms with Crippen LogP contribution in [0.15, 0.2) is 60.2 Å². The van der Waals surface area contributed by atoms with Crippen molar-refractivity contribution >= 4 is 27.3 Å². The Labute approximate surface area is 173 Å². The van der Waals surface area contributed by atoms with Crippen LogP contribution in [0.1, 0.15) is 18.9 Å². The summed E-state index contributed by atoms with van der Waals surface area (Å²) in [5.74, 6) is 2.23. The largest absolute Gasteiger partial charge is 0.497 e. The van der Waals surface area contributed by atoms with Crippen LogP contribution in [0.5, 0.6) is 17.4 Å². The molecule has 4 aromatic rings. The highest BCUT2D eigenvalue weighted by molar-refractivity contribution is 7.17. The maximum atomic E-state index is 11.2. The lowest BCUT2D eigenvalue weighted by Gasteiger charge is -2.09. The van der Waals surface area contributed by atoms with E-state index in [1.165, 1.54) is 6.33 Å². The van der Waals surface area contributed by atoms with Gasteiger partial charge >= 0.3 is 0 Å². The summed E-state index contributed by atoms with van der Waals surface area (Å²) in [7, 11) is 1.65. The van der Waals surface area contributed by atoms with E-state index in [2.05, 4.69) is 15.3 Å². The Balaban J connectivity index is 1.64. The first-order chi connectivity index (χ1) is 14.1. The number of carbonyl (C=O) groups excluding carboxylic acids is 1. The molecular weight excluding hydrogens is 384 g/mol. The molecule has 0 saturated carbocycles. The van der Waals surface area contributed by atoms with Gasteiger partial charge in [0.05, 0.1) is 12.5 Å². The second-order valence-corrected chi connectivity index (χ2v) is 7.54. The van der Waals surface area contributed by atoms with E-state index in [4.69, 9.17) is 9.47 Å². The Morgan fingerprint density at radius 2 is 1.72 bits per heavy atom. The van der Waals surface area contributed by atoms with E-state index < -0.39 is 0 Å². The highest BCUT2D eigenvalue weighted by Crippen LogP contribution is 2.39. The molecule has 0 N–H and O–H groups in total. The quantitative estimate of drug-likeness (QED) is 0.396. The second-order valence-electron chi connectivity index (χ2n) is 6.68. The van der Waals surface area contributed by atoms with Crippen LogP contribution in [0, 0.1) is 0 Å². The molecule has 0 aliphatic carbocycles. The van der Waals surface area contributed by atoms with Crippen LogP contribution in [-0.4, -0.2) is 22.9 Å². The van der Waals surface area contributed by atoms with Crippen LogP contribution in [0.2, 0.25) is 0 Å². The molecule has 0 atom stereocenters. The minimum Gasteiger partial charge on any atom is -0.497 e. The van der Waals surface area contributed by atoms with E-state index in [1.807, 2.05) is 48.5 Å². The van der Waals surface area contributed by atoms with Crippen LogP contribution in [0.4, 0.5) is 0 Å². The third-order valence-corrected chi connectivity index (χ3v) is 5.53. The summed E-state index contributed by atoms with van der Waals surface area (Å²) < 4.78 is 11.4. The fourth-order valence-corrected chi connectivity index (χ4v) is 3.97. The average Bonchev–Trinajstić information content (AvgIpc) is 3.18. The van der Waals surface area contributed by atoms with Crippen molar-refractivity contribution in [3.8, 4) is 28.5 Å². The summed E-state index contributed by atoms with van der Waals surface area (Å²) in [5.41, 5.74) is 3.19. The number of nitrogens with zero attached hydrogens (tertiary/aromatic N) is 2. The van der Waals surface area contributed by atoms with Gasteiger partial charge in [0.15, 0.2) is 0 Å². The fraction of sp³-hybridized carbons (Fsp3) is 0.174. The van der Waals surface area contributed by atoms with E-state index in [9.17, 15) is 4.79 Å². The predicted molar refractivity (Wildman–Crippen MR) is 115 cm³/mol. The zero-order valence-corrected chi connectivity index (χ0v) is 17.0. The van der Waals surface area contributed by atoms with E-state index in [-0.39, 0.29) is 5.78 Å². The Hall–Kier alpha value is -3.25. The van der Waals surface area contributed by atoms with Crippen molar-refractivity contribution < 1.29 is 14.3 Å². The van der Waals surface area contributed by atoms with Crippen molar-refractivity contribution in [1.29, 1.82) is 0 Å². The lowest BCUT2D eigenvalue weighted by Crippen LogP contribution is -1.94. The van der Waals surface area contributed by atoms with Crippen molar-refractivity contribution in [2.75, 3.05) is 7.11 Å². The van der Waals surface area contributed by atoms with Crippen LogP contribution < -0.4 is 9.47 Å². The molecule has 6 heteroatoms. The van der Waals surface area contributed by atoms with E-state index in [0.29, 0.717) is 18.1 Å². The van der Waals surface area contributed by atoms with E-state index in [1.54, 1.807) is 25.4 Å². The SMILES string of the molecule is COc1ccc(-c2csc3ncnc(Oc4ccc(CCC(C)=O)cc4)c23)cc1. The van der Waals surface area contributed by atoms with Crippen LogP contribution in [-0.2, 0) is 11.2 Å². The number of ketones is 1. The molecule has 5 nitrogen and oxygen atoms in total. The molecule has 0 aliphatic rings. The number of carbonyl (C=O) groups is 1. The molecule has 146 valence electrons. The molecule has 0 radical (unpaired) electrons. The fourth-order valence-electron chi connectivity index (χ4n) is 3.06. The van der Waals surface area contributed by atoms with Crippen molar-refractivity contribution in [3.63, 3.8) is 0 Å². The van der Waals surface area contributed by atoms with Crippen molar-refractivity contribution in [2.45, 2.75) is 19.8 Å². The third-order valence-electron chi connectivity index (χ3n) is 4.64. The van der Waals surface area contributed by atoms with Gasteiger partial charge in [0.25, 0.3) is 0 Å². The van der Waals surface area contributed by atoms with Crippen LogP contribution in [0.3, 0.4) is 0 Å². The smallest absolute Gasteiger partial charge is 0.231 e. The van der Waals surface area contributed by atoms with Crippen LogP contribution in [0.25, 0.3) is 21.3 Å². The minimum atomic E-state index is 0.192. The molecule has 0 spiro atoms. The van der Waals surface area contributed by atoms with Gasteiger partial charge in [-0.05, 0) is 48.7 Å². The van der Waals surface area contributed by atoms with Crippen molar-refractivity contribution in [1.82, 2.24) is 9.97 Å². The highest BCUT2D eigenvalue weighted by Gasteiger charge is 2.15. The maximum Gasteiger partial charge on any atom is 0.231 e. The summed E-state index contributed by atoms with van der Waals surface area (Å²) >= 11 is 1.56. The number of hydrogen-bond donors (Lipinski definition) is 0. The number of rotatable bonds is 7. The number of thiophene rings is 1. The topological polar surface area (TPSA) is 61.3 Å². The molecule has 2 aromatic carbocycles. The Morgan fingerprint density at radius 3 is 2.41 bits per heavy atom. The molecular formula is C23H20N2O3S. The van der Waals surface area contributed by atoms with Crippen LogP contribution >= 0.6 is 11.3 Å². The first kappa shape index (κ1) is 19.1. The van der Waals surface area contributed by atoms with Gasteiger partial charge in [-0.25, -0.2) is 9.97 Å². The van der Waals surface area contributed by atoms with Gasteiger partial charge < -0.3 is 14.3 Å².